The second-order valence-corrected chi connectivity index (χ2v) is 8.68. The molecule has 3 aromatic heterocycles. The SMILES string of the molecule is O=C1CCC(CCCCCC(=O)c2ccon2)(c2ncc(-c3ccc(-c4ncco4)cc3F)[nH]2)N1. The lowest BCUT2D eigenvalue weighted by molar-refractivity contribution is -0.120. The standard InChI is InChI=1S/C25H24FN5O4/c26-18-14-16(23-27-11-13-34-23)5-6-17(18)20-15-28-24(29-20)25(10-7-22(33)30-25)9-3-1-2-4-21(32)19-8-12-35-31-19/h5-6,8,11-15H,1-4,7,9-10H2,(H,28,29)(H,30,33). The van der Waals surface area contributed by atoms with E-state index in [4.69, 9.17) is 8.94 Å². The molecule has 1 aliphatic rings. The zero-order valence-corrected chi connectivity index (χ0v) is 18.9. The van der Waals surface area contributed by atoms with Crippen LogP contribution < -0.4 is 5.32 Å². The molecule has 0 saturated carbocycles. The maximum absolute atomic E-state index is 14.9. The van der Waals surface area contributed by atoms with Gasteiger partial charge in [-0.1, -0.05) is 18.0 Å². The molecule has 1 amide bonds. The largest absolute Gasteiger partial charge is 0.445 e. The molecule has 180 valence electrons. The first kappa shape index (κ1) is 22.7. The first-order valence-electron chi connectivity index (χ1n) is 11.5. The van der Waals surface area contributed by atoms with Gasteiger partial charge in [-0.15, -0.1) is 0 Å². The Morgan fingerprint density at radius 1 is 1.14 bits per heavy atom. The average Bonchev–Trinajstić information content (AvgIpc) is 3.67. The summed E-state index contributed by atoms with van der Waals surface area (Å²) in [7, 11) is 0. The van der Waals surface area contributed by atoms with Gasteiger partial charge in [-0.25, -0.2) is 14.4 Å². The monoisotopic (exact) mass is 477 g/mol. The smallest absolute Gasteiger partial charge is 0.225 e. The molecule has 4 aromatic rings. The highest BCUT2D eigenvalue weighted by Gasteiger charge is 2.41. The molecule has 35 heavy (non-hydrogen) atoms. The van der Waals surface area contributed by atoms with Crippen LogP contribution in [0.2, 0.25) is 0 Å². The van der Waals surface area contributed by atoms with Crippen molar-refractivity contribution < 1.29 is 22.9 Å². The number of unbranched alkanes of at least 4 members (excludes halogenated alkanes) is 2. The molecule has 10 heteroatoms. The van der Waals surface area contributed by atoms with Crippen LogP contribution in [0.3, 0.4) is 0 Å². The molecule has 1 fully saturated rings. The summed E-state index contributed by atoms with van der Waals surface area (Å²) < 4.78 is 24.9. The van der Waals surface area contributed by atoms with Crippen molar-refractivity contribution in [2.75, 3.05) is 0 Å². The van der Waals surface area contributed by atoms with Gasteiger partial charge in [0.15, 0.2) is 5.78 Å². The van der Waals surface area contributed by atoms with Gasteiger partial charge in [0.2, 0.25) is 11.8 Å². The molecule has 0 bridgehead atoms. The van der Waals surface area contributed by atoms with E-state index in [1.165, 1.54) is 24.8 Å². The van der Waals surface area contributed by atoms with E-state index in [1.54, 1.807) is 24.4 Å². The van der Waals surface area contributed by atoms with Gasteiger partial charge < -0.3 is 19.2 Å². The fraction of sp³-hybridized carbons (Fsp3) is 0.320. The molecule has 2 N–H and O–H groups in total. The van der Waals surface area contributed by atoms with Crippen LogP contribution in [0.4, 0.5) is 4.39 Å². The van der Waals surface area contributed by atoms with Gasteiger partial charge in [0.25, 0.3) is 0 Å². The van der Waals surface area contributed by atoms with E-state index in [0.717, 1.165) is 12.8 Å². The third-order valence-electron chi connectivity index (χ3n) is 6.36. The van der Waals surface area contributed by atoms with Crippen LogP contribution in [0, 0.1) is 5.82 Å². The number of halogens is 1. The van der Waals surface area contributed by atoms with Gasteiger partial charge in [0.05, 0.1) is 23.6 Å². The van der Waals surface area contributed by atoms with Crippen LogP contribution in [0.5, 0.6) is 0 Å². The van der Waals surface area contributed by atoms with Crippen molar-refractivity contribution in [3.63, 3.8) is 0 Å². The molecule has 0 radical (unpaired) electrons. The molecule has 1 aromatic carbocycles. The minimum Gasteiger partial charge on any atom is -0.445 e. The zero-order chi connectivity index (χ0) is 24.3. The van der Waals surface area contributed by atoms with E-state index in [0.29, 0.717) is 66.3 Å². The molecule has 0 spiro atoms. The number of imidazole rings is 1. The molecular weight excluding hydrogens is 453 g/mol. The fourth-order valence-electron chi connectivity index (χ4n) is 4.51. The average molecular weight is 477 g/mol. The topological polar surface area (TPSA) is 127 Å². The van der Waals surface area contributed by atoms with Crippen LogP contribution in [0.1, 0.15) is 61.3 Å². The predicted molar refractivity (Wildman–Crippen MR) is 122 cm³/mol. The Kier molecular flexibility index (Phi) is 6.26. The first-order valence-corrected chi connectivity index (χ1v) is 11.5. The minimum atomic E-state index is -0.639. The van der Waals surface area contributed by atoms with Crippen molar-refractivity contribution in [3.05, 3.63) is 66.5 Å². The second-order valence-electron chi connectivity index (χ2n) is 8.68. The van der Waals surface area contributed by atoms with Gasteiger partial charge in [-0.3, -0.25) is 9.59 Å². The summed E-state index contributed by atoms with van der Waals surface area (Å²) in [5, 5.41) is 6.75. The van der Waals surface area contributed by atoms with Crippen molar-refractivity contribution in [3.8, 4) is 22.7 Å². The van der Waals surface area contributed by atoms with Crippen LogP contribution in [0.15, 0.2) is 58.1 Å². The van der Waals surface area contributed by atoms with Crippen LogP contribution in [-0.2, 0) is 10.3 Å². The highest BCUT2D eigenvalue weighted by molar-refractivity contribution is 5.93. The van der Waals surface area contributed by atoms with E-state index in [2.05, 4.69) is 25.4 Å². The Morgan fingerprint density at radius 2 is 2.06 bits per heavy atom. The third-order valence-corrected chi connectivity index (χ3v) is 6.36. The number of oxazole rings is 1. The Labute approximate surface area is 200 Å². The molecule has 1 atom stereocenters. The number of amides is 1. The Morgan fingerprint density at radius 3 is 2.77 bits per heavy atom. The molecule has 0 aliphatic carbocycles. The van der Waals surface area contributed by atoms with Gasteiger partial charge in [-0.2, -0.15) is 0 Å². The summed E-state index contributed by atoms with van der Waals surface area (Å²) in [4.78, 5) is 36.0. The van der Waals surface area contributed by atoms with Crippen molar-refractivity contribution in [1.29, 1.82) is 0 Å². The Balaban J connectivity index is 1.26. The van der Waals surface area contributed by atoms with Crippen molar-refractivity contribution in [2.24, 2.45) is 0 Å². The summed E-state index contributed by atoms with van der Waals surface area (Å²) in [5.41, 5.74) is 1.13. The zero-order valence-electron chi connectivity index (χ0n) is 18.9. The summed E-state index contributed by atoms with van der Waals surface area (Å²) in [6.07, 6.45) is 10.3. The third kappa shape index (κ3) is 4.77. The fourth-order valence-corrected chi connectivity index (χ4v) is 4.51. The van der Waals surface area contributed by atoms with Gasteiger partial charge in [-0.05, 0) is 37.5 Å². The highest BCUT2D eigenvalue weighted by atomic mass is 19.1. The number of aromatic amines is 1. The number of rotatable bonds is 10. The van der Waals surface area contributed by atoms with E-state index in [1.807, 2.05) is 0 Å². The lowest BCUT2D eigenvalue weighted by Gasteiger charge is -2.27. The summed E-state index contributed by atoms with van der Waals surface area (Å²) >= 11 is 0. The van der Waals surface area contributed by atoms with Crippen LogP contribution in [0.25, 0.3) is 22.7 Å². The van der Waals surface area contributed by atoms with Gasteiger partial charge >= 0.3 is 0 Å². The number of H-pyrrole nitrogens is 1. The van der Waals surface area contributed by atoms with E-state index in [-0.39, 0.29) is 11.7 Å². The van der Waals surface area contributed by atoms with Crippen molar-refractivity contribution >= 4 is 11.7 Å². The number of carbonyl (C=O) groups excluding carboxylic acids is 2. The van der Waals surface area contributed by atoms with Crippen LogP contribution in [-0.4, -0.2) is 31.8 Å². The highest BCUT2D eigenvalue weighted by Crippen LogP contribution is 2.36. The van der Waals surface area contributed by atoms with Gasteiger partial charge in [0.1, 0.15) is 29.9 Å². The number of hydrogen-bond donors (Lipinski definition) is 2. The molecular formula is C25H24FN5O4. The number of Topliss-reactive ketones (excluding diaryl/α,β-unsaturated/α-hetero) is 1. The van der Waals surface area contributed by atoms with Crippen molar-refractivity contribution in [2.45, 2.75) is 50.5 Å². The Hall–Kier alpha value is -4.08. The number of nitrogens with one attached hydrogen (secondary N) is 2. The van der Waals surface area contributed by atoms with Gasteiger partial charge in [0, 0.05) is 30.0 Å². The molecule has 1 saturated heterocycles. The minimum absolute atomic E-state index is 0.0364. The van der Waals surface area contributed by atoms with Crippen LogP contribution >= 0.6 is 0 Å². The predicted octanol–water partition coefficient (Wildman–Crippen LogP) is 4.80. The number of nitrogens with zero attached hydrogens (tertiary/aromatic N) is 3. The number of carbonyl (C=O) groups is 2. The van der Waals surface area contributed by atoms with E-state index >= 15 is 0 Å². The summed E-state index contributed by atoms with van der Waals surface area (Å²) in [6, 6.07) is 6.31. The quantitative estimate of drug-likeness (QED) is 0.248. The Bertz CT molecular complexity index is 1320. The molecule has 1 unspecified atom stereocenters. The maximum atomic E-state index is 14.9. The van der Waals surface area contributed by atoms with E-state index < -0.39 is 11.4 Å². The summed E-state index contributed by atoms with van der Waals surface area (Å²) in [6.45, 7) is 0. The second kappa shape index (κ2) is 9.65. The molecule has 5 rings (SSSR count). The number of benzene rings is 1. The normalized spacial score (nSPS) is 17.6. The van der Waals surface area contributed by atoms with E-state index in [9.17, 15) is 14.0 Å². The van der Waals surface area contributed by atoms with Crippen molar-refractivity contribution in [1.82, 2.24) is 25.4 Å². The lowest BCUT2D eigenvalue weighted by atomic mass is 9.89. The number of ketones is 1. The number of aromatic nitrogens is 4. The lowest BCUT2D eigenvalue weighted by Crippen LogP contribution is -2.39. The number of hydrogen-bond acceptors (Lipinski definition) is 7. The first-order chi connectivity index (χ1) is 17.0. The molecule has 4 heterocycles. The maximum Gasteiger partial charge on any atom is 0.225 e. The molecule has 1 aliphatic heterocycles. The molecule has 9 nitrogen and oxygen atoms in total. The summed E-state index contributed by atoms with van der Waals surface area (Å²) in [5.74, 6) is 0.432.